The molecule has 0 spiro atoms. The first-order valence-corrected chi connectivity index (χ1v) is 10.8. The standard InChI is InChI=1S/C25H29N3O3/c1-19(29)28-11-10-20-6-4-5-9-23(20)24(28)16-25(30)26-17-21-7-2-3-8-22(21)18-27-12-14-31-15-13-27/h2-11,24H,12-18H2,1H3,(H,26,30)/t24-/m1/s1. The third-order valence-corrected chi connectivity index (χ3v) is 5.94. The van der Waals surface area contributed by atoms with Crippen LogP contribution in [0.4, 0.5) is 0 Å². The molecule has 2 amide bonds. The van der Waals surface area contributed by atoms with E-state index in [1.165, 1.54) is 12.5 Å². The Balaban J connectivity index is 1.41. The molecule has 0 unspecified atom stereocenters. The lowest BCUT2D eigenvalue weighted by atomic mass is 9.93. The zero-order valence-corrected chi connectivity index (χ0v) is 17.9. The number of amides is 2. The molecule has 2 aromatic rings. The Morgan fingerprint density at radius 3 is 2.52 bits per heavy atom. The van der Waals surface area contributed by atoms with Crippen molar-refractivity contribution in [3.8, 4) is 0 Å². The number of morpholine rings is 1. The Bertz CT molecular complexity index is 966. The third-order valence-electron chi connectivity index (χ3n) is 5.94. The molecule has 162 valence electrons. The van der Waals surface area contributed by atoms with Gasteiger partial charge in [-0.3, -0.25) is 14.5 Å². The fourth-order valence-electron chi connectivity index (χ4n) is 4.24. The lowest BCUT2D eigenvalue weighted by molar-refractivity contribution is -0.130. The van der Waals surface area contributed by atoms with Gasteiger partial charge in [-0.05, 0) is 28.3 Å². The highest BCUT2D eigenvalue weighted by atomic mass is 16.5. The van der Waals surface area contributed by atoms with Gasteiger partial charge in [-0.2, -0.15) is 0 Å². The smallest absolute Gasteiger partial charge is 0.223 e. The highest BCUT2D eigenvalue weighted by Gasteiger charge is 2.28. The molecule has 0 bridgehead atoms. The maximum Gasteiger partial charge on any atom is 0.223 e. The molecule has 0 saturated carbocycles. The zero-order valence-electron chi connectivity index (χ0n) is 17.9. The maximum absolute atomic E-state index is 12.9. The van der Waals surface area contributed by atoms with Crippen LogP contribution in [0.15, 0.2) is 54.7 Å². The SMILES string of the molecule is CC(=O)N1C=Cc2ccccc2[C@H]1CC(=O)NCc1ccccc1CN1CCOCC1. The lowest BCUT2D eigenvalue weighted by Gasteiger charge is -2.32. The molecule has 0 radical (unpaired) electrons. The van der Waals surface area contributed by atoms with E-state index in [0.717, 1.165) is 49.5 Å². The monoisotopic (exact) mass is 419 g/mol. The van der Waals surface area contributed by atoms with E-state index in [9.17, 15) is 9.59 Å². The van der Waals surface area contributed by atoms with Gasteiger partial charge in [0.2, 0.25) is 11.8 Å². The molecule has 1 N–H and O–H groups in total. The van der Waals surface area contributed by atoms with Crippen LogP contribution in [0, 0.1) is 0 Å². The van der Waals surface area contributed by atoms with Crippen molar-refractivity contribution in [2.75, 3.05) is 26.3 Å². The highest BCUT2D eigenvalue weighted by molar-refractivity contribution is 5.81. The van der Waals surface area contributed by atoms with Gasteiger partial charge in [0.15, 0.2) is 0 Å². The van der Waals surface area contributed by atoms with Crippen molar-refractivity contribution >= 4 is 17.9 Å². The number of carbonyl (C=O) groups is 2. The van der Waals surface area contributed by atoms with E-state index >= 15 is 0 Å². The molecule has 6 nitrogen and oxygen atoms in total. The Labute approximate surface area is 183 Å². The summed E-state index contributed by atoms with van der Waals surface area (Å²) in [4.78, 5) is 29.0. The van der Waals surface area contributed by atoms with Crippen molar-refractivity contribution in [1.82, 2.24) is 15.1 Å². The summed E-state index contributed by atoms with van der Waals surface area (Å²) >= 11 is 0. The number of ether oxygens (including phenoxy) is 1. The molecule has 6 heteroatoms. The van der Waals surface area contributed by atoms with Gasteiger partial charge in [-0.1, -0.05) is 48.5 Å². The van der Waals surface area contributed by atoms with E-state index in [1.807, 2.05) is 42.5 Å². The molecular weight excluding hydrogens is 390 g/mol. The van der Waals surface area contributed by atoms with Gasteiger partial charge in [-0.15, -0.1) is 0 Å². The van der Waals surface area contributed by atoms with E-state index in [4.69, 9.17) is 4.74 Å². The van der Waals surface area contributed by atoms with Crippen molar-refractivity contribution in [3.63, 3.8) is 0 Å². The molecule has 2 aliphatic rings. The second kappa shape index (κ2) is 9.90. The lowest BCUT2D eigenvalue weighted by Crippen LogP contribution is -2.36. The van der Waals surface area contributed by atoms with Crippen LogP contribution < -0.4 is 5.32 Å². The van der Waals surface area contributed by atoms with Crippen molar-refractivity contribution < 1.29 is 14.3 Å². The minimum atomic E-state index is -0.290. The summed E-state index contributed by atoms with van der Waals surface area (Å²) in [6, 6.07) is 15.9. The van der Waals surface area contributed by atoms with Gasteiger partial charge in [0.25, 0.3) is 0 Å². The minimum absolute atomic E-state index is 0.0671. The zero-order chi connectivity index (χ0) is 21.6. The van der Waals surface area contributed by atoms with Crippen LogP contribution in [0.25, 0.3) is 6.08 Å². The molecule has 1 saturated heterocycles. The normalized spacial score (nSPS) is 18.5. The van der Waals surface area contributed by atoms with Crippen molar-refractivity contribution in [3.05, 3.63) is 77.0 Å². The van der Waals surface area contributed by atoms with E-state index < -0.39 is 0 Å². The number of hydrogen-bond acceptors (Lipinski definition) is 4. The third kappa shape index (κ3) is 5.21. The Morgan fingerprint density at radius 1 is 1.03 bits per heavy atom. The van der Waals surface area contributed by atoms with Gasteiger partial charge in [0, 0.05) is 39.3 Å². The first kappa shape index (κ1) is 21.3. The first-order chi connectivity index (χ1) is 15.1. The number of nitrogens with one attached hydrogen (secondary N) is 1. The van der Waals surface area contributed by atoms with Crippen LogP contribution in [0.3, 0.4) is 0 Å². The summed E-state index contributed by atoms with van der Waals surface area (Å²) in [5.74, 6) is -0.137. The fourth-order valence-corrected chi connectivity index (χ4v) is 4.24. The molecule has 4 rings (SSSR count). The van der Waals surface area contributed by atoms with Crippen LogP contribution in [0.1, 0.15) is 41.6 Å². The quantitative estimate of drug-likeness (QED) is 0.782. The molecule has 0 aromatic heterocycles. The van der Waals surface area contributed by atoms with Crippen LogP contribution in [0.5, 0.6) is 0 Å². The highest BCUT2D eigenvalue weighted by Crippen LogP contribution is 2.32. The molecule has 1 atom stereocenters. The van der Waals surface area contributed by atoms with Gasteiger partial charge >= 0.3 is 0 Å². The largest absolute Gasteiger partial charge is 0.379 e. The van der Waals surface area contributed by atoms with Crippen molar-refractivity contribution in [2.45, 2.75) is 32.5 Å². The van der Waals surface area contributed by atoms with Crippen molar-refractivity contribution in [1.29, 1.82) is 0 Å². The molecule has 1 fully saturated rings. The molecule has 2 heterocycles. The second-order valence-corrected chi connectivity index (χ2v) is 8.02. The first-order valence-electron chi connectivity index (χ1n) is 10.8. The van der Waals surface area contributed by atoms with Crippen molar-refractivity contribution in [2.24, 2.45) is 0 Å². The summed E-state index contributed by atoms with van der Waals surface area (Å²) in [6.07, 6.45) is 3.93. The number of hydrogen-bond donors (Lipinski definition) is 1. The number of nitrogens with zero attached hydrogens (tertiary/aromatic N) is 2. The van der Waals surface area contributed by atoms with Gasteiger partial charge < -0.3 is 15.0 Å². The Morgan fingerprint density at radius 2 is 1.74 bits per heavy atom. The number of fused-ring (bicyclic) bond motifs is 1. The average Bonchev–Trinajstić information content (AvgIpc) is 2.79. The maximum atomic E-state index is 12.9. The predicted octanol–water partition coefficient (Wildman–Crippen LogP) is 3.10. The summed E-state index contributed by atoms with van der Waals surface area (Å²) in [6.45, 7) is 6.25. The van der Waals surface area contributed by atoms with E-state index in [2.05, 4.69) is 22.3 Å². The molecule has 31 heavy (non-hydrogen) atoms. The number of carbonyl (C=O) groups excluding carboxylic acids is 2. The number of rotatable bonds is 6. The average molecular weight is 420 g/mol. The molecule has 2 aliphatic heterocycles. The molecular formula is C25H29N3O3. The predicted molar refractivity (Wildman–Crippen MR) is 120 cm³/mol. The van der Waals surface area contributed by atoms with Gasteiger partial charge in [0.1, 0.15) is 0 Å². The molecule has 0 aliphatic carbocycles. The summed E-state index contributed by atoms with van der Waals surface area (Å²) in [7, 11) is 0. The number of benzene rings is 2. The van der Waals surface area contributed by atoms with E-state index in [-0.39, 0.29) is 24.3 Å². The minimum Gasteiger partial charge on any atom is -0.379 e. The van der Waals surface area contributed by atoms with Crippen LogP contribution >= 0.6 is 0 Å². The topological polar surface area (TPSA) is 61.9 Å². The van der Waals surface area contributed by atoms with Gasteiger partial charge in [0.05, 0.1) is 25.7 Å². The Hall–Kier alpha value is -2.96. The van der Waals surface area contributed by atoms with Gasteiger partial charge in [-0.25, -0.2) is 0 Å². The van der Waals surface area contributed by atoms with Crippen LogP contribution in [0.2, 0.25) is 0 Å². The summed E-state index contributed by atoms with van der Waals surface area (Å²) in [5, 5.41) is 3.07. The van der Waals surface area contributed by atoms with Crippen LogP contribution in [-0.2, 0) is 27.4 Å². The summed E-state index contributed by atoms with van der Waals surface area (Å²) < 4.78 is 5.44. The second-order valence-electron chi connectivity index (χ2n) is 8.02. The Kier molecular flexibility index (Phi) is 6.79. The summed E-state index contributed by atoms with van der Waals surface area (Å²) in [5.41, 5.74) is 4.40. The van der Waals surface area contributed by atoms with E-state index in [0.29, 0.717) is 6.54 Å². The fraction of sp³-hybridized carbons (Fsp3) is 0.360. The molecule has 2 aromatic carbocycles. The van der Waals surface area contributed by atoms with Crippen LogP contribution in [-0.4, -0.2) is 47.9 Å². The van der Waals surface area contributed by atoms with E-state index in [1.54, 1.807) is 11.1 Å².